The molecule has 0 saturated carbocycles. The van der Waals surface area contributed by atoms with E-state index in [-0.39, 0.29) is 18.0 Å². The fourth-order valence-electron chi connectivity index (χ4n) is 4.91. The van der Waals surface area contributed by atoms with Crippen molar-refractivity contribution in [3.05, 3.63) is 58.6 Å². The first-order valence-electron chi connectivity index (χ1n) is 12.5. The van der Waals surface area contributed by atoms with Crippen LogP contribution in [0.5, 0.6) is 0 Å². The normalized spacial score (nSPS) is 19.2. The zero-order valence-corrected chi connectivity index (χ0v) is 20.2. The van der Waals surface area contributed by atoms with Crippen molar-refractivity contribution in [2.24, 2.45) is 0 Å². The number of nitrogens with zero attached hydrogens (tertiary/aromatic N) is 4. The Morgan fingerprint density at radius 1 is 1.15 bits per heavy atom. The summed E-state index contributed by atoms with van der Waals surface area (Å²) in [6.07, 6.45) is 6.10. The number of aryl methyl sites for hydroxylation is 1. The van der Waals surface area contributed by atoms with Gasteiger partial charge in [-0.3, -0.25) is 19.1 Å². The molecule has 2 aromatic rings. The summed E-state index contributed by atoms with van der Waals surface area (Å²) in [4.78, 5) is 33.9. The highest BCUT2D eigenvalue weighted by atomic mass is 16.3. The highest BCUT2D eigenvalue weighted by Crippen LogP contribution is 2.24. The van der Waals surface area contributed by atoms with E-state index in [1.165, 1.54) is 29.8 Å². The van der Waals surface area contributed by atoms with E-state index < -0.39 is 5.60 Å². The van der Waals surface area contributed by atoms with Gasteiger partial charge < -0.3 is 15.3 Å². The summed E-state index contributed by atoms with van der Waals surface area (Å²) < 4.78 is 1.47. The van der Waals surface area contributed by atoms with Gasteiger partial charge in [0.25, 0.3) is 5.56 Å². The van der Waals surface area contributed by atoms with Gasteiger partial charge in [-0.05, 0) is 57.7 Å². The molecule has 2 N–H and O–H groups in total. The number of nitrogens with one attached hydrogen (secondary N) is 1. The largest absolute Gasteiger partial charge is 0.388 e. The van der Waals surface area contributed by atoms with Crippen molar-refractivity contribution in [3.63, 3.8) is 0 Å². The molecule has 1 aromatic heterocycles. The first kappa shape index (κ1) is 24.4. The van der Waals surface area contributed by atoms with E-state index in [1.54, 1.807) is 0 Å². The van der Waals surface area contributed by atoms with Gasteiger partial charge in [0, 0.05) is 38.2 Å². The topological polar surface area (TPSA) is 90.7 Å². The number of hydrogen-bond donors (Lipinski definition) is 2. The lowest BCUT2D eigenvalue weighted by Gasteiger charge is -2.38. The van der Waals surface area contributed by atoms with Crippen molar-refractivity contribution in [1.29, 1.82) is 0 Å². The third-order valence-corrected chi connectivity index (χ3v) is 7.20. The van der Waals surface area contributed by atoms with Crippen molar-refractivity contribution >= 4 is 11.7 Å². The van der Waals surface area contributed by atoms with Gasteiger partial charge >= 0.3 is 0 Å². The molecule has 2 fully saturated rings. The highest BCUT2D eigenvalue weighted by Gasteiger charge is 2.34. The molecule has 4 rings (SSSR count). The Balaban J connectivity index is 1.25. The maximum atomic E-state index is 12.6. The quantitative estimate of drug-likeness (QED) is 0.587. The molecule has 1 amide bonds. The van der Waals surface area contributed by atoms with E-state index in [0.717, 1.165) is 31.6 Å². The van der Waals surface area contributed by atoms with Crippen LogP contribution in [0.15, 0.2) is 47.5 Å². The number of carbonyl (C=O) groups is 1. The minimum atomic E-state index is -1.01. The Bertz CT molecular complexity index is 995. The number of carbonyl (C=O) groups excluding carboxylic acids is 1. The Hall–Kier alpha value is -2.71. The summed E-state index contributed by atoms with van der Waals surface area (Å²) in [6.45, 7) is 6.39. The molecule has 0 spiro atoms. The van der Waals surface area contributed by atoms with Gasteiger partial charge in [-0.2, -0.15) is 0 Å². The van der Waals surface area contributed by atoms with Crippen molar-refractivity contribution in [1.82, 2.24) is 19.4 Å². The van der Waals surface area contributed by atoms with Crippen molar-refractivity contribution < 1.29 is 9.90 Å². The monoisotopic (exact) mass is 467 g/mol. The molecule has 2 saturated heterocycles. The second kappa shape index (κ2) is 11.1. The fourth-order valence-corrected chi connectivity index (χ4v) is 4.91. The second-order valence-electron chi connectivity index (χ2n) is 9.80. The third kappa shape index (κ3) is 6.45. The lowest BCUT2D eigenvalue weighted by molar-refractivity contribution is -0.135. The Morgan fingerprint density at radius 3 is 2.53 bits per heavy atom. The van der Waals surface area contributed by atoms with Gasteiger partial charge in [0.05, 0.1) is 18.5 Å². The number of anilines is 1. The van der Waals surface area contributed by atoms with Crippen molar-refractivity contribution in [2.75, 3.05) is 38.0 Å². The maximum absolute atomic E-state index is 12.6. The second-order valence-corrected chi connectivity index (χ2v) is 9.80. The third-order valence-electron chi connectivity index (χ3n) is 7.20. The maximum Gasteiger partial charge on any atom is 0.255 e. The van der Waals surface area contributed by atoms with Crippen LogP contribution in [0.1, 0.15) is 44.6 Å². The number of hydrogen-bond acceptors (Lipinski definition) is 6. The Kier molecular flexibility index (Phi) is 8.00. The molecule has 1 aromatic carbocycles. The van der Waals surface area contributed by atoms with Crippen molar-refractivity contribution in [2.45, 2.75) is 63.6 Å². The highest BCUT2D eigenvalue weighted by molar-refractivity contribution is 5.76. The molecule has 3 heterocycles. The van der Waals surface area contributed by atoms with Crippen LogP contribution < -0.4 is 10.9 Å². The van der Waals surface area contributed by atoms with Crippen LogP contribution in [0.25, 0.3) is 0 Å². The zero-order chi connectivity index (χ0) is 24.0. The average molecular weight is 468 g/mol. The first-order chi connectivity index (χ1) is 16.4. The molecule has 0 radical (unpaired) electrons. The minimum absolute atomic E-state index is 0.114. The van der Waals surface area contributed by atoms with Gasteiger partial charge in [0.1, 0.15) is 5.82 Å². The number of amides is 1. The lowest BCUT2D eigenvalue weighted by atomic mass is 9.91. The van der Waals surface area contributed by atoms with E-state index in [4.69, 9.17) is 0 Å². The summed E-state index contributed by atoms with van der Waals surface area (Å²) in [6, 6.07) is 11.9. The minimum Gasteiger partial charge on any atom is -0.388 e. The van der Waals surface area contributed by atoms with Gasteiger partial charge in [0.2, 0.25) is 5.91 Å². The molecule has 0 unspecified atom stereocenters. The van der Waals surface area contributed by atoms with E-state index in [0.29, 0.717) is 44.2 Å². The van der Waals surface area contributed by atoms with Crippen LogP contribution in [-0.4, -0.2) is 74.7 Å². The van der Waals surface area contributed by atoms with Gasteiger partial charge in [0.15, 0.2) is 0 Å². The fraction of sp³-hybridized carbons (Fsp3) is 0.577. The average Bonchev–Trinajstić information content (AvgIpc) is 3.39. The van der Waals surface area contributed by atoms with Crippen molar-refractivity contribution in [3.8, 4) is 0 Å². The first-order valence-corrected chi connectivity index (χ1v) is 12.5. The number of aliphatic hydroxyl groups is 1. The zero-order valence-electron chi connectivity index (χ0n) is 20.2. The van der Waals surface area contributed by atoms with Gasteiger partial charge in [-0.1, -0.05) is 30.3 Å². The summed E-state index contributed by atoms with van der Waals surface area (Å²) in [5, 5.41) is 14.3. The van der Waals surface area contributed by atoms with Crippen LogP contribution >= 0.6 is 0 Å². The predicted octanol–water partition coefficient (Wildman–Crippen LogP) is 2.13. The number of aromatic nitrogens is 2. The molecule has 34 heavy (non-hydrogen) atoms. The van der Waals surface area contributed by atoms with E-state index in [2.05, 4.69) is 22.1 Å². The lowest BCUT2D eigenvalue weighted by Crippen LogP contribution is -2.49. The number of likely N-dealkylation sites (tertiary alicyclic amines) is 2. The number of benzene rings is 1. The molecule has 2 aliphatic rings. The summed E-state index contributed by atoms with van der Waals surface area (Å²) in [5.74, 6) is 0.682. The molecular weight excluding hydrogens is 430 g/mol. The van der Waals surface area contributed by atoms with Crippen LogP contribution in [0.3, 0.4) is 0 Å². The Labute approximate surface area is 201 Å². The van der Waals surface area contributed by atoms with Crippen LogP contribution in [0.4, 0.5) is 5.82 Å². The number of piperidine rings is 1. The molecule has 0 bridgehead atoms. The molecule has 8 nitrogen and oxygen atoms in total. The van der Waals surface area contributed by atoms with Gasteiger partial charge in [-0.25, -0.2) is 4.98 Å². The summed E-state index contributed by atoms with van der Waals surface area (Å²) >= 11 is 0. The van der Waals surface area contributed by atoms with Crippen LogP contribution in [0.2, 0.25) is 0 Å². The molecule has 1 atom stereocenters. The van der Waals surface area contributed by atoms with Crippen LogP contribution in [-0.2, 0) is 17.8 Å². The van der Waals surface area contributed by atoms with Gasteiger partial charge in [-0.15, -0.1) is 0 Å². The Morgan fingerprint density at radius 2 is 1.85 bits per heavy atom. The summed E-state index contributed by atoms with van der Waals surface area (Å²) in [7, 11) is 0. The molecule has 2 aliphatic heterocycles. The molecular formula is C26H37N5O3. The molecule has 8 heteroatoms. The smallest absolute Gasteiger partial charge is 0.255 e. The van der Waals surface area contributed by atoms with E-state index in [1.807, 2.05) is 35.2 Å². The number of rotatable bonds is 9. The summed E-state index contributed by atoms with van der Waals surface area (Å²) in [5.41, 5.74) is -0.0400. The standard InChI is InChI=1S/C26H37N5O3/c1-21(29-13-5-6-14-29)18-27-23-17-25(33)31(20-28-23)19-26(34)11-15-30(16-12-26)24(32)10-9-22-7-3-2-4-8-22/h2-4,7-8,17,20-21,27,34H,5-6,9-16,18-19H2,1H3/t21-/m1/s1. The van der Waals surface area contributed by atoms with E-state index in [9.17, 15) is 14.7 Å². The molecule has 0 aliphatic carbocycles. The van der Waals surface area contributed by atoms with E-state index >= 15 is 0 Å². The predicted molar refractivity (Wildman–Crippen MR) is 133 cm³/mol. The molecule has 184 valence electrons. The SMILES string of the molecule is C[C@H](CNc1cc(=O)n(CC2(O)CCN(C(=O)CCc3ccccc3)CC2)cn1)N1CCCC1. The van der Waals surface area contributed by atoms with Crippen LogP contribution in [0, 0.1) is 0 Å².